The molecule has 1 aliphatic heterocycles. The van der Waals surface area contributed by atoms with E-state index in [1.165, 1.54) is 35.7 Å². The molecule has 0 spiro atoms. The number of piperidine rings is 1. The summed E-state index contributed by atoms with van der Waals surface area (Å²) in [5.74, 6) is 0. The van der Waals surface area contributed by atoms with Crippen molar-refractivity contribution in [2.45, 2.75) is 38.4 Å². The summed E-state index contributed by atoms with van der Waals surface area (Å²) in [4.78, 5) is 6.60. The van der Waals surface area contributed by atoms with E-state index in [1.54, 1.807) is 0 Å². The lowest BCUT2D eigenvalue weighted by molar-refractivity contribution is 0.168. The Morgan fingerprint density at radius 3 is 3.05 bits per heavy atom. The summed E-state index contributed by atoms with van der Waals surface area (Å²) in [6.07, 6.45) is 6.27. The number of likely N-dealkylation sites (tertiary alicyclic amines) is 1. The predicted octanol–water partition coefficient (Wildman–Crippen LogP) is 2.81. The van der Waals surface area contributed by atoms with Crippen molar-refractivity contribution < 1.29 is 0 Å². The molecule has 1 fully saturated rings. The minimum atomic E-state index is 0.648. The van der Waals surface area contributed by atoms with Crippen molar-refractivity contribution >= 4 is 10.8 Å². The fourth-order valence-electron chi connectivity index (χ4n) is 2.98. The predicted molar refractivity (Wildman–Crippen MR) is 83.7 cm³/mol. The summed E-state index contributed by atoms with van der Waals surface area (Å²) in [6, 6.07) is 10.0. The van der Waals surface area contributed by atoms with E-state index >= 15 is 0 Å². The normalized spacial score (nSPS) is 24.1. The summed E-state index contributed by atoms with van der Waals surface area (Å²) in [7, 11) is 2.22. The van der Waals surface area contributed by atoms with Gasteiger partial charge >= 0.3 is 0 Å². The van der Waals surface area contributed by atoms with E-state index in [-0.39, 0.29) is 0 Å². The van der Waals surface area contributed by atoms with Crippen LogP contribution in [0.1, 0.15) is 25.3 Å². The van der Waals surface area contributed by atoms with Crippen LogP contribution in [0.2, 0.25) is 0 Å². The maximum absolute atomic E-state index is 4.16. The largest absolute Gasteiger partial charge is 0.310 e. The molecule has 2 unspecified atom stereocenters. The van der Waals surface area contributed by atoms with E-state index in [0.29, 0.717) is 12.1 Å². The van der Waals surface area contributed by atoms with Crippen LogP contribution in [0.5, 0.6) is 0 Å². The van der Waals surface area contributed by atoms with Crippen LogP contribution in [0.3, 0.4) is 0 Å². The fraction of sp³-hybridized carbons (Fsp3) is 0.471. The molecule has 0 amide bonds. The molecule has 106 valence electrons. The van der Waals surface area contributed by atoms with Crippen molar-refractivity contribution in [2.75, 3.05) is 13.6 Å². The minimum absolute atomic E-state index is 0.648. The zero-order chi connectivity index (χ0) is 13.9. The second-order valence-electron chi connectivity index (χ2n) is 5.99. The fourth-order valence-corrected chi connectivity index (χ4v) is 2.98. The van der Waals surface area contributed by atoms with Gasteiger partial charge in [0.1, 0.15) is 0 Å². The summed E-state index contributed by atoms with van der Waals surface area (Å²) in [5, 5.41) is 6.20. The summed E-state index contributed by atoms with van der Waals surface area (Å²) >= 11 is 0. The molecule has 1 aliphatic rings. The molecule has 1 aromatic carbocycles. The molecule has 1 N–H and O–H groups in total. The Labute approximate surface area is 121 Å². The molecule has 20 heavy (non-hydrogen) atoms. The first kappa shape index (κ1) is 13.5. The lowest BCUT2D eigenvalue weighted by Gasteiger charge is -2.35. The minimum Gasteiger partial charge on any atom is -0.310 e. The Morgan fingerprint density at radius 1 is 1.30 bits per heavy atom. The van der Waals surface area contributed by atoms with Gasteiger partial charge in [0.05, 0.1) is 0 Å². The molecule has 3 nitrogen and oxygen atoms in total. The average Bonchev–Trinajstić information content (AvgIpc) is 2.48. The molecule has 3 rings (SSSR count). The SMILES string of the molecule is CC1CC(NCc2ccc3cnccc3c2)CCN1C. The Morgan fingerprint density at radius 2 is 2.20 bits per heavy atom. The van der Waals surface area contributed by atoms with Gasteiger partial charge in [-0.3, -0.25) is 4.98 Å². The van der Waals surface area contributed by atoms with Gasteiger partial charge in [0.2, 0.25) is 0 Å². The first-order chi connectivity index (χ1) is 9.72. The number of aromatic nitrogens is 1. The number of nitrogens with one attached hydrogen (secondary N) is 1. The molecule has 2 heterocycles. The van der Waals surface area contributed by atoms with E-state index in [2.05, 4.69) is 53.4 Å². The maximum Gasteiger partial charge on any atom is 0.0346 e. The highest BCUT2D eigenvalue weighted by Gasteiger charge is 2.21. The highest BCUT2D eigenvalue weighted by atomic mass is 15.1. The number of benzene rings is 1. The third-order valence-corrected chi connectivity index (χ3v) is 4.51. The zero-order valence-corrected chi connectivity index (χ0v) is 12.3. The van der Waals surface area contributed by atoms with Crippen molar-refractivity contribution in [2.24, 2.45) is 0 Å². The van der Waals surface area contributed by atoms with E-state index < -0.39 is 0 Å². The van der Waals surface area contributed by atoms with Gasteiger partial charge in [-0.05, 0) is 56.4 Å². The third-order valence-electron chi connectivity index (χ3n) is 4.51. The maximum atomic E-state index is 4.16. The summed E-state index contributed by atoms with van der Waals surface area (Å²) in [5.41, 5.74) is 1.36. The van der Waals surface area contributed by atoms with Crippen LogP contribution >= 0.6 is 0 Å². The average molecular weight is 269 g/mol. The van der Waals surface area contributed by atoms with Crippen LogP contribution < -0.4 is 5.32 Å². The number of hydrogen-bond donors (Lipinski definition) is 1. The van der Waals surface area contributed by atoms with E-state index in [9.17, 15) is 0 Å². The molecule has 1 saturated heterocycles. The van der Waals surface area contributed by atoms with Crippen LogP contribution in [0.25, 0.3) is 10.8 Å². The smallest absolute Gasteiger partial charge is 0.0346 e. The van der Waals surface area contributed by atoms with Crippen LogP contribution in [0, 0.1) is 0 Å². The van der Waals surface area contributed by atoms with Crippen LogP contribution in [-0.2, 0) is 6.54 Å². The molecule has 0 saturated carbocycles. The van der Waals surface area contributed by atoms with Gasteiger partial charge in [0, 0.05) is 36.4 Å². The zero-order valence-electron chi connectivity index (χ0n) is 12.3. The van der Waals surface area contributed by atoms with Crippen LogP contribution in [0.15, 0.2) is 36.7 Å². The Balaban J connectivity index is 1.62. The molecule has 2 atom stereocenters. The second kappa shape index (κ2) is 5.90. The Kier molecular flexibility index (Phi) is 3.99. The van der Waals surface area contributed by atoms with Crippen molar-refractivity contribution in [3.63, 3.8) is 0 Å². The lowest BCUT2D eigenvalue weighted by Crippen LogP contribution is -2.45. The number of hydrogen-bond acceptors (Lipinski definition) is 3. The Bertz CT molecular complexity index is 581. The van der Waals surface area contributed by atoms with E-state index in [0.717, 1.165) is 6.54 Å². The van der Waals surface area contributed by atoms with E-state index in [4.69, 9.17) is 0 Å². The molecular weight excluding hydrogens is 246 g/mol. The van der Waals surface area contributed by atoms with Gasteiger partial charge in [-0.15, -0.1) is 0 Å². The molecule has 3 heteroatoms. The van der Waals surface area contributed by atoms with Gasteiger partial charge in [-0.1, -0.05) is 12.1 Å². The number of fused-ring (bicyclic) bond motifs is 1. The van der Waals surface area contributed by atoms with Crippen molar-refractivity contribution in [3.8, 4) is 0 Å². The standard InChI is InChI=1S/C17H23N3/c1-13-9-17(6-8-20(13)2)19-11-14-3-4-16-12-18-7-5-15(16)10-14/h3-5,7,10,12-13,17,19H,6,8-9,11H2,1-2H3. The first-order valence-corrected chi connectivity index (χ1v) is 7.48. The highest BCUT2D eigenvalue weighted by molar-refractivity contribution is 5.81. The quantitative estimate of drug-likeness (QED) is 0.928. The second-order valence-corrected chi connectivity index (χ2v) is 5.99. The van der Waals surface area contributed by atoms with E-state index in [1.807, 2.05) is 12.4 Å². The molecule has 1 aromatic heterocycles. The van der Waals surface area contributed by atoms with Crippen molar-refractivity contribution in [3.05, 3.63) is 42.2 Å². The number of pyridine rings is 1. The number of rotatable bonds is 3. The molecule has 2 aromatic rings. The molecule has 0 radical (unpaired) electrons. The van der Waals surface area contributed by atoms with Gasteiger partial charge < -0.3 is 10.2 Å². The third kappa shape index (κ3) is 3.00. The van der Waals surface area contributed by atoms with Gasteiger partial charge in [-0.2, -0.15) is 0 Å². The van der Waals surface area contributed by atoms with Gasteiger partial charge in [-0.25, -0.2) is 0 Å². The summed E-state index contributed by atoms with van der Waals surface area (Å²) in [6.45, 7) is 4.47. The summed E-state index contributed by atoms with van der Waals surface area (Å²) < 4.78 is 0. The molecule has 0 bridgehead atoms. The number of nitrogens with zero attached hydrogens (tertiary/aromatic N) is 2. The van der Waals surface area contributed by atoms with Crippen molar-refractivity contribution in [1.29, 1.82) is 0 Å². The van der Waals surface area contributed by atoms with Crippen LogP contribution in [0.4, 0.5) is 0 Å². The monoisotopic (exact) mass is 269 g/mol. The lowest BCUT2D eigenvalue weighted by atomic mass is 9.98. The van der Waals surface area contributed by atoms with Gasteiger partial charge in [0.15, 0.2) is 0 Å². The Hall–Kier alpha value is -1.45. The highest BCUT2D eigenvalue weighted by Crippen LogP contribution is 2.17. The molecule has 0 aliphatic carbocycles. The topological polar surface area (TPSA) is 28.2 Å². The first-order valence-electron chi connectivity index (χ1n) is 7.48. The van der Waals surface area contributed by atoms with Crippen LogP contribution in [-0.4, -0.2) is 35.6 Å². The van der Waals surface area contributed by atoms with Gasteiger partial charge in [0.25, 0.3) is 0 Å². The molecular formula is C17H23N3. The van der Waals surface area contributed by atoms with Crippen molar-refractivity contribution in [1.82, 2.24) is 15.2 Å².